The molecule has 1 atom stereocenters. The summed E-state index contributed by atoms with van der Waals surface area (Å²) in [6.45, 7) is 12.8. The van der Waals surface area contributed by atoms with Crippen LogP contribution in [0.2, 0.25) is 0 Å². The van der Waals surface area contributed by atoms with Crippen LogP contribution >= 0.6 is 0 Å². The number of nitrogens with one attached hydrogen (secondary N) is 2. The van der Waals surface area contributed by atoms with E-state index in [1.165, 1.54) is 11.3 Å². The predicted molar refractivity (Wildman–Crippen MR) is 103 cm³/mol. The molecule has 0 bridgehead atoms. The van der Waals surface area contributed by atoms with Crippen LogP contribution in [0.25, 0.3) is 0 Å². The molecule has 1 heterocycles. The Hall–Kier alpha value is -1.56. The molecular formula is C18H36N6. The van der Waals surface area contributed by atoms with Crippen molar-refractivity contribution in [2.24, 2.45) is 17.5 Å². The minimum absolute atomic E-state index is 0.181. The van der Waals surface area contributed by atoms with Crippen LogP contribution in [-0.2, 0) is 13.5 Å². The van der Waals surface area contributed by atoms with Gasteiger partial charge in [0.15, 0.2) is 5.96 Å². The van der Waals surface area contributed by atoms with Gasteiger partial charge in [-0.3, -0.25) is 9.67 Å². The minimum Gasteiger partial charge on any atom is -0.356 e. The van der Waals surface area contributed by atoms with Crippen molar-refractivity contribution in [3.63, 3.8) is 0 Å². The second-order valence-electron chi connectivity index (χ2n) is 7.85. The van der Waals surface area contributed by atoms with E-state index in [0.29, 0.717) is 0 Å². The zero-order chi connectivity index (χ0) is 18.5. The molecule has 0 fully saturated rings. The largest absolute Gasteiger partial charge is 0.356 e. The molecule has 0 saturated carbocycles. The molecule has 0 spiro atoms. The maximum Gasteiger partial charge on any atom is 0.191 e. The Morgan fingerprint density at radius 3 is 2.42 bits per heavy atom. The highest BCUT2D eigenvalue weighted by molar-refractivity contribution is 5.80. The summed E-state index contributed by atoms with van der Waals surface area (Å²) in [7, 11) is 8.03. The van der Waals surface area contributed by atoms with Crippen LogP contribution in [0.15, 0.2) is 4.99 Å². The number of hydrogen-bond acceptors (Lipinski definition) is 3. The van der Waals surface area contributed by atoms with Gasteiger partial charge in [0.05, 0.1) is 5.69 Å². The fourth-order valence-electron chi connectivity index (χ4n) is 3.13. The summed E-state index contributed by atoms with van der Waals surface area (Å²) in [4.78, 5) is 6.58. The second-order valence-corrected chi connectivity index (χ2v) is 7.85. The lowest BCUT2D eigenvalue weighted by atomic mass is 9.93. The van der Waals surface area contributed by atoms with Crippen molar-refractivity contribution in [2.75, 3.05) is 34.2 Å². The normalized spacial score (nSPS) is 14.2. The topological polar surface area (TPSA) is 57.5 Å². The lowest BCUT2D eigenvalue weighted by Crippen LogP contribution is -2.47. The Labute approximate surface area is 147 Å². The lowest BCUT2D eigenvalue weighted by Gasteiger charge is -2.29. The van der Waals surface area contributed by atoms with Crippen molar-refractivity contribution in [2.45, 2.75) is 47.1 Å². The van der Waals surface area contributed by atoms with Crippen LogP contribution in [0.3, 0.4) is 0 Å². The molecule has 24 heavy (non-hydrogen) atoms. The molecule has 0 aromatic carbocycles. The number of nitrogens with zero attached hydrogens (tertiary/aromatic N) is 4. The summed E-state index contributed by atoms with van der Waals surface area (Å²) in [5.74, 6) is 0.855. The van der Waals surface area contributed by atoms with E-state index in [-0.39, 0.29) is 11.5 Å². The molecule has 2 N–H and O–H groups in total. The summed E-state index contributed by atoms with van der Waals surface area (Å²) in [5.41, 5.74) is 3.84. The quantitative estimate of drug-likeness (QED) is 0.588. The molecule has 138 valence electrons. The van der Waals surface area contributed by atoms with Crippen LogP contribution in [0.5, 0.6) is 0 Å². The van der Waals surface area contributed by atoms with Gasteiger partial charge in [-0.05, 0) is 52.3 Å². The summed E-state index contributed by atoms with van der Waals surface area (Å²) in [5, 5.41) is 11.4. The van der Waals surface area contributed by atoms with Gasteiger partial charge in [0.2, 0.25) is 0 Å². The van der Waals surface area contributed by atoms with E-state index in [1.807, 2.05) is 18.8 Å². The van der Waals surface area contributed by atoms with Crippen molar-refractivity contribution in [3.05, 3.63) is 17.0 Å². The van der Waals surface area contributed by atoms with Crippen LogP contribution in [0.1, 0.15) is 37.7 Å². The first kappa shape index (κ1) is 20.5. The molecule has 0 aliphatic heterocycles. The SMILES string of the molecule is CN=C(NCC(C)(C)CN(C)C)NC(C)Cc1c(C)nn(C)c1C. The molecule has 1 aromatic heterocycles. The smallest absolute Gasteiger partial charge is 0.191 e. The summed E-state index contributed by atoms with van der Waals surface area (Å²) in [6, 6.07) is 0.287. The van der Waals surface area contributed by atoms with Crippen LogP contribution in [0.4, 0.5) is 0 Å². The maximum atomic E-state index is 4.50. The van der Waals surface area contributed by atoms with Gasteiger partial charge in [0.25, 0.3) is 0 Å². The molecule has 0 aliphatic rings. The summed E-state index contributed by atoms with van der Waals surface area (Å²) < 4.78 is 1.95. The number of rotatable bonds is 7. The third-order valence-corrected chi connectivity index (χ3v) is 4.25. The van der Waals surface area contributed by atoms with Gasteiger partial charge in [-0.15, -0.1) is 0 Å². The fraction of sp³-hybridized carbons (Fsp3) is 0.778. The average molecular weight is 337 g/mol. The van der Waals surface area contributed by atoms with Gasteiger partial charge in [0, 0.05) is 38.9 Å². The Bertz CT molecular complexity index is 556. The number of aromatic nitrogens is 2. The molecule has 0 radical (unpaired) electrons. The standard InChI is InChI=1S/C18H36N6/c1-13(10-16-14(2)22-24(9)15(16)3)21-17(19-6)20-11-18(4,5)12-23(7)8/h13H,10-12H2,1-9H3,(H2,19,20,21). The van der Waals surface area contributed by atoms with Gasteiger partial charge in [-0.25, -0.2) is 0 Å². The van der Waals surface area contributed by atoms with Crippen molar-refractivity contribution >= 4 is 5.96 Å². The van der Waals surface area contributed by atoms with Crippen molar-refractivity contribution in [3.8, 4) is 0 Å². The van der Waals surface area contributed by atoms with E-state index in [0.717, 1.165) is 31.2 Å². The highest BCUT2D eigenvalue weighted by Gasteiger charge is 2.20. The lowest BCUT2D eigenvalue weighted by molar-refractivity contribution is 0.241. The Balaban J connectivity index is 2.59. The third kappa shape index (κ3) is 6.15. The number of aliphatic imine (C=N–C) groups is 1. The van der Waals surface area contributed by atoms with Crippen LogP contribution < -0.4 is 10.6 Å². The van der Waals surface area contributed by atoms with E-state index < -0.39 is 0 Å². The first-order valence-electron chi connectivity index (χ1n) is 8.66. The molecule has 6 nitrogen and oxygen atoms in total. The van der Waals surface area contributed by atoms with Crippen LogP contribution in [0, 0.1) is 19.3 Å². The summed E-state index contributed by atoms with van der Waals surface area (Å²) in [6.07, 6.45) is 0.938. The first-order valence-corrected chi connectivity index (χ1v) is 8.66. The van der Waals surface area contributed by atoms with E-state index in [4.69, 9.17) is 0 Å². The molecule has 0 aliphatic carbocycles. The van der Waals surface area contributed by atoms with E-state index in [2.05, 4.69) is 74.3 Å². The third-order valence-electron chi connectivity index (χ3n) is 4.25. The van der Waals surface area contributed by atoms with Gasteiger partial charge >= 0.3 is 0 Å². The highest BCUT2D eigenvalue weighted by atomic mass is 15.3. The van der Waals surface area contributed by atoms with E-state index >= 15 is 0 Å². The molecular weight excluding hydrogens is 300 g/mol. The zero-order valence-electron chi connectivity index (χ0n) is 17.0. The number of hydrogen-bond donors (Lipinski definition) is 2. The maximum absolute atomic E-state index is 4.50. The Morgan fingerprint density at radius 2 is 1.96 bits per heavy atom. The van der Waals surface area contributed by atoms with Crippen LogP contribution in [-0.4, -0.2) is 60.9 Å². The Morgan fingerprint density at radius 1 is 1.33 bits per heavy atom. The molecule has 1 aromatic rings. The zero-order valence-corrected chi connectivity index (χ0v) is 17.0. The van der Waals surface area contributed by atoms with Gasteiger partial charge < -0.3 is 15.5 Å². The predicted octanol–water partition coefficient (Wildman–Crippen LogP) is 1.72. The van der Waals surface area contributed by atoms with E-state index in [9.17, 15) is 0 Å². The minimum atomic E-state index is 0.181. The second kappa shape index (κ2) is 8.51. The average Bonchev–Trinajstić information content (AvgIpc) is 2.68. The molecule has 0 amide bonds. The number of aryl methyl sites for hydroxylation is 2. The fourth-order valence-corrected chi connectivity index (χ4v) is 3.13. The molecule has 1 unspecified atom stereocenters. The molecule has 0 saturated heterocycles. The first-order chi connectivity index (χ1) is 11.1. The van der Waals surface area contributed by atoms with Gasteiger partial charge in [0.1, 0.15) is 0 Å². The monoisotopic (exact) mass is 336 g/mol. The van der Waals surface area contributed by atoms with Crippen molar-refractivity contribution < 1.29 is 0 Å². The molecule has 1 rings (SSSR count). The van der Waals surface area contributed by atoms with Gasteiger partial charge in [-0.1, -0.05) is 13.8 Å². The Kier molecular flexibility index (Phi) is 7.27. The van der Waals surface area contributed by atoms with Gasteiger partial charge in [-0.2, -0.15) is 5.10 Å². The van der Waals surface area contributed by atoms with Crippen molar-refractivity contribution in [1.29, 1.82) is 0 Å². The van der Waals surface area contributed by atoms with E-state index in [1.54, 1.807) is 0 Å². The van der Waals surface area contributed by atoms with Crippen molar-refractivity contribution in [1.82, 2.24) is 25.3 Å². The highest BCUT2D eigenvalue weighted by Crippen LogP contribution is 2.15. The summed E-state index contributed by atoms with van der Waals surface area (Å²) >= 11 is 0. The number of guanidine groups is 1. The molecule has 6 heteroatoms.